The standard InChI is InChI=1S/C8H13F3O2/c1-6(12)5-7(2)13-4-3-8(9,10)11/h7H,3-5H2,1-2H3. The number of hydrogen-bond donors (Lipinski definition) is 0. The Bertz CT molecular complexity index is 165. The molecule has 0 aliphatic heterocycles. The monoisotopic (exact) mass is 198 g/mol. The topological polar surface area (TPSA) is 26.3 Å². The van der Waals surface area contributed by atoms with E-state index < -0.39 is 18.7 Å². The van der Waals surface area contributed by atoms with Gasteiger partial charge in [0.2, 0.25) is 0 Å². The van der Waals surface area contributed by atoms with Crippen molar-refractivity contribution in [1.82, 2.24) is 0 Å². The molecule has 0 saturated carbocycles. The van der Waals surface area contributed by atoms with Gasteiger partial charge in [-0.1, -0.05) is 0 Å². The Morgan fingerprint density at radius 1 is 1.46 bits per heavy atom. The second kappa shape index (κ2) is 5.21. The van der Waals surface area contributed by atoms with E-state index in [4.69, 9.17) is 4.74 Å². The van der Waals surface area contributed by atoms with Crippen LogP contribution in [0.2, 0.25) is 0 Å². The molecule has 0 spiro atoms. The van der Waals surface area contributed by atoms with Crippen molar-refractivity contribution in [2.24, 2.45) is 0 Å². The van der Waals surface area contributed by atoms with Gasteiger partial charge in [-0.2, -0.15) is 13.2 Å². The normalized spacial score (nSPS) is 14.2. The molecular formula is C8H13F3O2. The third-order valence-electron chi connectivity index (χ3n) is 1.36. The molecule has 2 nitrogen and oxygen atoms in total. The molecule has 0 radical (unpaired) electrons. The molecule has 0 aromatic carbocycles. The second-order valence-electron chi connectivity index (χ2n) is 2.95. The zero-order valence-electron chi connectivity index (χ0n) is 7.65. The molecule has 0 amide bonds. The van der Waals surface area contributed by atoms with E-state index in [-0.39, 0.29) is 18.8 Å². The summed E-state index contributed by atoms with van der Waals surface area (Å²) in [6.07, 6.45) is -5.41. The average Bonchev–Trinajstić information content (AvgIpc) is 1.81. The van der Waals surface area contributed by atoms with E-state index >= 15 is 0 Å². The first kappa shape index (κ1) is 12.4. The Hall–Kier alpha value is -0.580. The van der Waals surface area contributed by atoms with Crippen LogP contribution in [-0.4, -0.2) is 24.7 Å². The van der Waals surface area contributed by atoms with Crippen LogP contribution in [0.5, 0.6) is 0 Å². The van der Waals surface area contributed by atoms with Gasteiger partial charge in [0.15, 0.2) is 0 Å². The zero-order chi connectivity index (χ0) is 10.5. The maximum Gasteiger partial charge on any atom is 0.391 e. The first-order valence-corrected chi connectivity index (χ1v) is 3.99. The number of alkyl halides is 3. The van der Waals surface area contributed by atoms with Crippen LogP contribution >= 0.6 is 0 Å². The van der Waals surface area contributed by atoms with Crippen LogP contribution in [0.25, 0.3) is 0 Å². The highest BCUT2D eigenvalue weighted by molar-refractivity contribution is 5.75. The fraction of sp³-hybridized carbons (Fsp3) is 0.875. The highest BCUT2D eigenvalue weighted by Gasteiger charge is 2.26. The van der Waals surface area contributed by atoms with Crippen molar-refractivity contribution in [2.75, 3.05) is 6.61 Å². The van der Waals surface area contributed by atoms with Crippen LogP contribution in [0, 0.1) is 0 Å². The molecule has 0 bridgehead atoms. The molecule has 0 N–H and O–H groups in total. The Kier molecular flexibility index (Phi) is 4.98. The lowest BCUT2D eigenvalue weighted by molar-refractivity contribution is -0.149. The van der Waals surface area contributed by atoms with Gasteiger partial charge in [-0.15, -0.1) is 0 Å². The summed E-state index contributed by atoms with van der Waals surface area (Å²) >= 11 is 0. The van der Waals surface area contributed by atoms with Gasteiger partial charge < -0.3 is 4.74 Å². The minimum Gasteiger partial charge on any atom is -0.378 e. The molecular weight excluding hydrogens is 185 g/mol. The summed E-state index contributed by atoms with van der Waals surface area (Å²) < 4.78 is 39.7. The van der Waals surface area contributed by atoms with Crippen LogP contribution in [-0.2, 0) is 9.53 Å². The fourth-order valence-electron chi connectivity index (χ4n) is 0.840. The molecule has 0 saturated heterocycles. The first-order valence-electron chi connectivity index (χ1n) is 3.99. The largest absolute Gasteiger partial charge is 0.391 e. The number of ether oxygens (including phenoxy) is 1. The number of carbonyl (C=O) groups excluding carboxylic acids is 1. The van der Waals surface area contributed by atoms with Gasteiger partial charge >= 0.3 is 6.18 Å². The van der Waals surface area contributed by atoms with Crippen molar-refractivity contribution in [3.05, 3.63) is 0 Å². The molecule has 78 valence electrons. The molecule has 5 heteroatoms. The summed E-state index contributed by atoms with van der Waals surface area (Å²) in [5, 5.41) is 0. The summed E-state index contributed by atoms with van der Waals surface area (Å²) in [5.74, 6) is -0.0838. The molecule has 1 atom stereocenters. The lowest BCUT2D eigenvalue weighted by Crippen LogP contribution is -2.17. The molecule has 0 aliphatic rings. The molecule has 0 rings (SSSR count). The highest BCUT2D eigenvalue weighted by Crippen LogP contribution is 2.19. The van der Waals surface area contributed by atoms with Crippen LogP contribution in [0.1, 0.15) is 26.7 Å². The molecule has 0 aromatic heterocycles. The van der Waals surface area contributed by atoms with Crippen molar-refractivity contribution < 1.29 is 22.7 Å². The number of ketones is 1. The smallest absolute Gasteiger partial charge is 0.378 e. The SMILES string of the molecule is CC(=O)CC(C)OCCC(F)(F)F. The second-order valence-corrected chi connectivity index (χ2v) is 2.95. The molecule has 0 aromatic rings. The minimum atomic E-state index is -4.18. The van der Waals surface area contributed by atoms with Crippen molar-refractivity contribution >= 4 is 5.78 Å². The zero-order valence-corrected chi connectivity index (χ0v) is 7.65. The molecule has 13 heavy (non-hydrogen) atoms. The van der Waals surface area contributed by atoms with Gasteiger partial charge in [-0.3, -0.25) is 4.79 Å². The Labute approximate surface area is 75.1 Å². The van der Waals surface area contributed by atoms with Crippen LogP contribution in [0.4, 0.5) is 13.2 Å². The summed E-state index contributed by atoms with van der Waals surface area (Å²) in [6.45, 7) is 2.58. The Morgan fingerprint density at radius 3 is 2.38 bits per heavy atom. The molecule has 0 heterocycles. The van der Waals surface area contributed by atoms with E-state index in [1.54, 1.807) is 6.92 Å². The number of Topliss-reactive ketones (excluding diaryl/α,β-unsaturated/α-hetero) is 1. The first-order chi connectivity index (χ1) is 5.81. The Morgan fingerprint density at radius 2 is 2.00 bits per heavy atom. The quantitative estimate of drug-likeness (QED) is 0.677. The van der Waals surface area contributed by atoms with Crippen molar-refractivity contribution in [2.45, 2.75) is 39.0 Å². The van der Waals surface area contributed by atoms with Crippen molar-refractivity contribution in [3.8, 4) is 0 Å². The maximum absolute atomic E-state index is 11.6. The van der Waals surface area contributed by atoms with Crippen molar-refractivity contribution in [1.29, 1.82) is 0 Å². The fourth-order valence-corrected chi connectivity index (χ4v) is 0.840. The molecule has 1 unspecified atom stereocenters. The van der Waals surface area contributed by atoms with Crippen LogP contribution in [0.3, 0.4) is 0 Å². The van der Waals surface area contributed by atoms with Gasteiger partial charge in [0.1, 0.15) is 5.78 Å². The predicted molar refractivity (Wildman–Crippen MR) is 41.4 cm³/mol. The van der Waals surface area contributed by atoms with E-state index in [0.717, 1.165) is 0 Å². The lowest BCUT2D eigenvalue weighted by atomic mass is 10.2. The van der Waals surface area contributed by atoms with Gasteiger partial charge in [-0.25, -0.2) is 0 Å². The van der Waals surface area contributed by atoms with Crippen LogP contribution in [0.15, 0.2) is 0 Å². The predicted octanol–water partition coefficient (Wildman–Crippen LogP) is 2.32. The van der Waals surface area contributed by atoms with E-state index in [1.165, 1.54) is 6.92 Å². The maximum atomic E-state index is 11.6. The summed E-state index contributed by atoms with van der Waals surface area (Å²) in [5.41, 5.74) is 0. The van der Waals surface area contributed by atoms with E-state index in [2.05, 4.69) is 0 Å². The van der Waals surface area contributed by atoms with Gasteiger partial charge in [0, 0.05) is 6.42 Å². The summed E-state index contributed by atoms with van der Waals surface area (Å²) in [6, 6.07) is 0. The van der Waals surface area contributed by atoms with Gasteiger partial charge in [-0.05, 0) is 13.8 Å². The number of halogens is 3. The van der Waals surface area contributed by atoms with Crippen molar-refractivity contribution in [3.63, 3.8) is 0 Å². The van der Waals surface area contributed by atoms with Gasteiger partial charge in [0.05, 0.1) is 19.1 Å². The number of carbonyl (C=O) groups is 1. The minimum absolute atomic E-state index is 0.0838. The van der Waals surface area contributed by atoms with Gasteiger partial charge in [0.25, 0.3) is 0 Å². The molecule has 0 aliphatic carbocycles. The highest BCUT2D eigenvalue weighted by atomic mass is 19.4. The molecule has 0 fully saturated rings. The number of rotatable bonds is 5. The van der Waals surface area contributed by atoms with E-state index in [9.17, 15) is 18.0 Å². The summed E-state index contributed by atoms with van der Waals surface area (Å²) in [4.78, 5) is 10.5. The Balaban J connectivity index is 3.48. The van der Waals surface area contributed by atoms with E-state index in [1.807, 2.05) is 0 Å². The van der Waals surface area contributed by atoms with Crippen LogP contribution < -0.4 is 0 Å². The summed E-state index contributed by atoms with van der Waals surface area (Å²) in [7, 11) is 0. The lowest BCUT2D eigenvalue weighted by Gasteiger charge is -2.12. The third kappa shape index (κ3) is 9.33. The third-order valence-corrected chi connectivity index (χ3v) is 1.36. The van der Waals surface area contributed by atoms with E-state index in [0.29, 0.717) is 0 Å². The average molecular weight is 198 g/mol. The number of hydrogen-bond acceptors (Lipinski definition) is 2.